The number of aryl methyl sites for hydroxylation is 1. The molecule has 0 amide bonds. The van der Waals surface area contributed by atoms with Gasteiger partial charge in [-0.1, -0.05) is 115 Å². The van der Waals surface area contributed by atoms with Crippen molar-refractivity contribution in [3.63, 3.8) is 0 Å². The topological polar surface area (TPSA) is 78.3 Å². The van der Waals surface area contributed by atoms with Crippen molar-refractivity contribution >= 4 is 21.8 Å². The normalized spacial score (nSPS) is 11.0. The van der Waals surface area contributed by atoms with Gasteiger partial charge in [0.05, 0.1) is 51.4 Å². The van der Waals surface area contributed by atoms with Crippen molar-refractivity contribution in [1.29, 1.82) is 10.5 Å². The number of aromatic nitrogens is 3. The van der Waals surface area contributed by atoms with E-state index in [1.54, 1.807) is 0 Å². The average Bonchev–Trinajstić information content (AvgIpc) is 3.56. The number of rotatable bonds is 6. The second kappa shape index (κ2) is 13.5. The van der Waals surface area contributed by atoms with E-state index in [0.717, 1.165) is 72.4 Å². The van der Waals surface area contributed by atoms with Crippen LogP contribution in [-0.2, 0) is 0 Å². The second-order valence-electron chi connectivity index (χ2n) is 13.4. The second-order valence-corrected chi connectivity index (χ2v) is 13.4. The fraction of sp³-hybridized carbons (Fsp3) is 0.0204. The van der Waals surface area contributed by atoms with Gasteiger partial charge in [0, 0.05) is 38.6 Å². The van der Waals surface area contributed by atoms with E-state index in [1.807, 2.05) is 97.1 Å². The van der Waals surface area contributed by atoms with E-state index in [1.165, 1.54) is 10.9 Å². The molecular formula is C49H31N5. The van der Waals surface area contributed by atoms with Crippen molar-refractivity contribution < 1.29 is 0 Å². The first-order chi connectivity index (χ1) is 26.6. The molecule has 0 saturated carbocycles. The summed E-state index contributed by atoms with van der Waals surface area (Å²) in [6.45, 7) is 2.12. The maximum Gasteiger partial charge on any atom is 0.160 e. The summed E-state index contributed by atoms with van der Waals surface area (Å²) in [5.74, 6) is 0.633. The third kappa shape index (κ3) is 5.77. The van der Waals surface area contributed by atoms with E-state index in [0.29, 0.717) is 17.0 Å². The first-order valence-electron chi connectivity index (χ1n) is 17.8. The third-order valence-corrected chi connectivity index (χ3v) is 9.94. The van der Waals surface area contributed by atoms with Gasteiger partial charge in [0.25, 0.3) is 0 Å². The molecule has 0 radical (unpaired) electrons. The van der Waals surface area contributed by atoms with Gasteiger partial charge in [0.15, 0.2) is 5.82 Å². The summed E-state index contributed by atoms with van der Waals surface area (Å²) in [6, 6.07) is 62.0. The first-order valence-corrected chi connectivity index (χ1v) is 17.8. The zero-order valence-electron chi connectivity index (χ0n) is 29.4. The van der Waals surface area contributed by atoms with Crippen molar-refractivity contribution in [2.75, 3.05) is 0 Å². The van der Waals surface area contributed by atoms with Gasteiger partial charge in [-0.05, 0) is 78.7 Å². The lowest BCUT2D eigenvalue weighted by atomic mass is 9.91. The summed E-state index contributed by atoms with van der Waals surface area (Å²) in [5, 5.41) is 21.8. The zero-order chi connectivity index (χ0) is 36.6. The summed E-state index contributed by atoms with van der Waals surface area (Å²) in [4.78, 5) is 10.3. The summed E-state index contributed by atoms with van der Waals surface area (Å²) in [6.07, 6.45) is 0. The lowest BCUT2D eigenvalue weighted by Gasteiger charge is -2.21. The number of hydrogen-bond acceptors (Lipinski definition) is 4. The molecule has 9 aromatic rings. The molecule has 2 heterocycles. The quantitative estimate of drug-likeness (QED) is 0.174. The van der Waals surface area contributed by atoms with Crippen molar-refractivity contribution in [1.82, 2.24) is 14.5 Å². The molecule has 252 valence electrons. The molecule has 7 aromatic carbocycles. The Hall–Kier alpha value is -7.60. The van der Waals surface area contributed by atoms with Gasteiger partial charge in [-0.3, -0.25) is 0 Å². The zero-order valence-corrected chi connectivity index (χ0v) is 29.4. The number of nitriles is 2. The van der Waals surface area contributed by atoms with Crippen LogP contribution in [0.25, 0.3) is 83.6 Å². The van der Waals surface area contributed by atoms with Crippen LogP contribution in [0.3, 0.4) is 0 Å². The first kappa shape index (κ1) is 32.3. The van der Waals surface area contributed by atoms with Crippen LogP contribution in [0.4, 0.5) is 0 Å². The van der Waals surface area contributed by atoms with E-state index in [9.17, 15) is 10.5 Å². The summed E-state index contributed by atoms with van der Waals surface area (Å²) >= 11 is 0. The average molecular weight is 690 g/mol. The molecule has 0 bridgehead atoms. The smallest absolute Gasteiger partial charge is 0.160 e. The van der Waals surface area contributed by atoms with Crippen LogP contribution in [0.15, 0.2) is 170 Å². The van der Waals surface area contributed by atoms with Gasteiger partial charge < -0.3 is 4.57 Å². The lowest BCUT2D eigenvalue weighted by molar-refractivity contribution is 1.17. The van der Waals surface area contributed by atoms with Crippen LogP contribution >= 0.6 is 0 Å². The van der Waals surface area contributed by atoms with E-state index < -0.39 is 0 Å². The van der Waals surface area contributed by atoms with Gasteiger partial charge in [-0.2, -0.15) is 10.5 Å². The molecule has 0 N–H and O–H groups in total. The Morgan fingerprint density at radius 1 is 0.444 bits per heavy atom. The highest BCUT2D eigenvalue weighted by Crippen LogP contribution is 2.44. The Balaban J connectivity index is 1.42. The highest BCUT2D eigenvalue weighted by molar-refractivity contribution is 6.11. The number of nitrogens with zero attached hydrogens (tertiary/aromatic N) is 5. The molecule has 9 rings (SSSR count). The maximum absolute atomic E-state index is 9.74. The molecule has 0 aliphatic rings. The Labute approximate surface area is 313 Å². The van der Waals surface area contributed by atoms with Crippen LogP contribution in [0.5, 0.6) is 0 Å². The minimum absolute atomic E-state index is 0.590. The molecule has 54 heavy (non-hydrogen) atoms. The highest BCUT2D eigenvalue weighted by Gasteiger charge is 2.23. The molecule has 0 fully saturated rings. The van der Waals surface area contributed by atoms with Crippen molar-refractivity contribution in [3.05, 3.63) is 187 Å². The predicted molar refractivity (Wildman–Crippen MR) is 218 cm³/mol. The molecular weight excluding hydrogens is 659 g/mol. The molecule has 2 aromatic heterocycles. The van der Waals surface area contributed by atoms with E-state index >= 15 is 0 Å². The van der Waals surface area contributed by atoms with Crippen LogP contribution in [0.1, 0.15) is 16.7 Å². The van der Waals surface area contributed by atoms with Gasteiger partial charge in [-0.15, -0.1) is 0 Å². The standard InChI is InChI=1S/C49H31N5/c1-32-16-25-47-43(26-32)40-14-8-9-15-46(40)54(47)48-41(35-21-17-33(30-50)18-22-35)27-39(28-42(48)36-23-19-34(31-51)20-24-36)45-29-44(37-10-4-2-5-11-37)52-49(53-45)38-12-6-3-7-13-38/h2-29H,1H3. The minimum Gasteiger partial charge on any atom is -0.308 e. The molecule has 0 aliphatic carbocycles. The fourth-order valence-electron chi connectivity index (χ4n) is 7.31. The molecule has 0 atom stereocenters. The van der Waals surface area contributed by atoms with Crippen molar-refractivity contribution in [2.24, 2.45) is 0 Å². The summed E-state index contributed by atoms with van der Waals surface area (Å²) in [5.41, 5.74) is 13.8. The minimum atomic E-state index is 0.590. The van der Waals surface area contributed by atoms with Crippen molar-refractivity contribution in [2.45, 2.75) is 6.92 Å². The van der Waals surface area contributed by atoms with E-state index in [-0.39, 0.29) is 0 Å². The van der Waals surface area contributed by atoms with Crippen LogP contribution in [0.2, 0.25) is 0 Å². The summed E-state index contributed by atoms with van der Waals surface area (Å²) < 4.78 is 2.36. The van der Waals surface area contributed by atoms with Gasteiger partial charge >= 0.3 is 0 Å². The third-order valence-electron chi connectivity index (χ3n) is 9.94. The van der Waals surface area contributed by atoms with Crippen LogP contribution in [0, 0.1) is 29.6 Å². The molecule has 5 heteroatoms. The number of para-hydroxylation sites is 1. The Bertz CT molecular complexity index is 2790. The van der Waals surface area contributed by atoms with Crippen LogP contribution in [-0.4, -0.2) is 14.5 Å². The fourth-order valence-corrected chi connectivity index (χ4v) is 7.31. The Morgan fingerprint density at radius 3 is 1.56 bits per heavy atom. The monoisotopic (exact) mass is 689 g/mol. The number of hydrogen-bond donors (Lipinski definition) is 0. The number of benzene rings is 7. The Morgan fingerprint density at radius 2 is 0.963 bits per heavy atom. The largest absolute Gasteiger partial charge is 0.308 e. The predicted octanol–water partition coefficient (Wildman–Crippen LogP) is 12.0. The summed E-state index contributed by atoms with van der Waals surface area (Å²) in [7, 11) is 0. The molecule has 0 spiro atoms. The Kier molecular flexibility index (Phi) is 8.08. The van der Waals surface area contributed by atoms with Gasteiger partial charge in [0.1, 0.15) is 0 Å². The van der Waals surface area contributed by atoms with Crippen LogP contribution < -0.4 is 0 Å². The van der Waals surface area contributed by atoms with E-state index in [4.69, 9.17) is 9.97 Å². The lowest BCUT2D eigenvalue weighted by Crippen LogP contribution is -2.03. The van der Waals surface area contributed by atoms with E-state index in [2.05, 4.69) is 96.4 Å². The SMILES string of the molecule is Cc1ccc2c(c1)c1ccccc1n2-c1c(-c2ccc(C#N)cc2)cc(-c2cc(-c3ccccc3)nc(-c3ccccc3)n2)cc1-c1ccc(C#N)cc1. The maximum atomic E-state index is 9.74. The highest BCUT2D eigenvalue weighted by atomic mass is 15.0. The number of fused-ring (bicyclic) bond motifs is 3. The molecule has 5 nitrogen and oxygen atoms in total. The van der Waals surface area contributed by atoms with Crippen molar-refractivity contribution in [3.8, 4) is 74.0 Å². The molecule has 0 saturated heterocycles. The van der Waals surface area contributed by atoms with Gasteiger partial charge in [0.2, 0.25) is 0 Å². The van der Waals surface area contributed by atoms with Gasteiger partial charge in [-0.25, -0.2) is 9.97 Å². The molecule has 0 aliphatic heterocycles. The molecule has 0 unspecified atom stereocenters.